The molecule has 0 spiro atoms. The Morgan fingerprint density at radius 2 is 2.22 bits per heavy atom. The molecular weight excluding hydrogens is 230 g/mol. The van der Waals surface area contributed by atoms with Gasteiger partial charge in [-0.15, -0.1) is 0 Å². The van der Waals surface area contributed by atoms with E-state index < -0.39 is 5.97 Å². The van der Waals surface area contributed by atoms with Gasteiger partial charge in [-0.05, 0) is 31.0 Å². The Kier molecular flexibility index (Phi) is 4.81. The van der Waals surface area contributed by atoms with Crippen LogP contribution in [-0.2, 0) is 11.3 Å². The fourth-order valence-electron chi connectivity index (χ4n) is 2.50. The molecule has 18 heavy (non-hydrogen) atoms. The summed E-state index contributed by atoms with van der Waals surface area (Å²) in [7, 11) is 1.35. The lowest BCUT2D eigenvalue weighted by molar-refractivity contribution is 0.0563. The van der Waals surface area contributed by atoms with Crippen molar-refractivity contribution in [3.63, 3.8) is 0 Å². The summed E-state index contributed by atoms with van der Waals surface area (Å²) in [6.07, 6.45) is 6.80. The molecule has 0 radical (unpaired) electrons. The van der Waals surface area contributed by atoms with Crippen LogP contribution in [0.15, 0.2) is 16.5 Å². The van der Waals surface area contributed by atoms with E-state index >= 15 is 0 Å². The molecule has 0 bridgehead atoms. The van der Waals surface area contributed by atoms with Gasteiger partial charge >= 0.3 is 5.97 Å². The number of hydrogen-bond acceptors (Lipinski definition) is 4. The third kappa shape index (κ3) is 3.60. The van der Waals surface area contributed by atoms with Gasteiger partial charge < -0.3 is 14.5 Å². The highest BCUT2D eigenvalue weighted by atomic mass is 16.5. The topological polar surface area (TPSA) is 51.5 Å². The molecule has 0 saturated heterocycles. The van der Waals surface area contributed by atoms with Crippen LogP contribution in [0.5, 0.6) is 0 Å². The molecule has 1 aromatic rings. The van der Waals surface area contributed by atoms with Crippen molar-refractivity contribution in [3.05, 3.63) is 23.7 Å². The maximum atomic E-state index is 11.2. The lowest BCUT2D eigenvalue weighted by atomic mass is 10.0. The molecule has 2 rings (SSSR count). The maximum absolute atomic E-state index is 11.2. The summed E-state index contributed by atoms with van der Waals surface area (Å²) in [5, 5.41) is 3.35. The first-order chi connectivity index (χ1) is 8.79. The Morgan fingerprint density at radius 1 is 1.44 bits per heavy atom. The van der Waals surface area contributed by atoms with Crippen molar-refractivity contribution in [2.75, 3.05) is 13.7 Å². The predicted molar refractivity (Wildman–Crippen MR) is 68.3 cm³/mol. The Bertz CT molecular complexity index is 380. The summed E-state index contributed by atoms with van der Waals surface area (Å²) in [5.74, 6) is 1.53. The average molecular weight is 251 g/mol. The van der Waals surface area contributed by atoms with Gasteiger partial charge in [0.1, 0.15) is 5.76 Å². The second kappa shape index (κ2) is 6.59. The van der Waals surface area contributed by atoms with E-state index in [0.717, 1.165) is 18.2 Å². The van der Waals surface area contributed by atoms with E-state index in [0.29, 0.717) is 6.54 Å². The highest BCUT2D eigenvalue weighted by molar-refractivity contribution is 5.86. The van der Waals surface area contributed by atoms with Gasteiger partial charge in [-0.25, -0.2) is 4.79 Å². The molecule has 1 aromatic heterocycles. The first kappa shape index (κ1) is 13.1. The summed E-state index contributed by atoms with van der Waals surface area (Å²) in [6, 6.07) is 3.47. The van der Waals surface area contributed by atoms with Crippen LogP contribution in [0.3, 0.4) is 0 Å². The van der Waals surface area contributed by atoms with Gasteiger partial charge in [0.25, 0.3) is 0 Å². The fourth-order valence-corrected chi connectivity index (χ4v) is 2.50. The predicted octanol–water partition coefficient (Wildman–Crippen LogP) is 2.74. The summed E-state index contributed by atoms with van der Waals surface area (Å²) in [4.78, 5) is 11.2. The molecule has 100 valence electrons. The van der Waals surface area contributed by atoms with Gasteiger partial charge in [-0.2, -0.15) is 0 Å². The molecule has 1 saturated carbocycles. The highest BCUT2D eigenvalue weighted by Gasteiger charge is 2.14. The molecule has 4 nitrogen and oxygen atoms in total. The lowest BCUT2D eigenvalue weighted by Gasteiger charge is -2.08. The molecule has 1 aliphatic carbocycles. The number of rotatable bonds is 6. The van der Waals surface area contributed by atoms with E-state index in [-0.39, 0.29) is 5.76 Å². The van der Waals surface area contributed by atoms with E-state index in [1.165, 1.54) is 39.2 Å². The molecule has 1 aliphatic rings. The van der Waals surface area contributed by atoms with Gasteiger partial charge in [0.05, 0.1) is 13.7 Å². The number of methoxy groups -OCH3 is 1. The molecule has 1 heterocycles. The van der Waals surface area contributed by atoms with Crippen LogP contribution in [0.25, 0.3) is 0 Å². The van der Waals surface area contributed by atoms with Crippen LogP contribution in [0, 0.1) is 5.92 Å². The third-order valence-electron chi connectivity index (χ3n) is 3.55. The Hall–Kier alpha value is -1.29. The van der Waals surface area contributed by atoms with E-state index in [2.05, 4.69) is 10.1 Å². The minimum Gasteiger partial charge on any atom is -0.463 e. The number of esters is 1. The zero-order valence-corrected chi connectivity index (χ0v) is 10.9. The Balaban J connectivity index is 1.66. The van der Waals surface area contributed by atoms with E-state index in [9.17, 15) is 4.79 Å². The van der Waals surface area contributed by atoms with Crippen molar-refractivity contribution in [2.24, 2.45) is 5.92 Å². The Morgan fingerprint density at radius 3 is 2.94 bits per heavy atom. The lowest BCUT2D eigenvalue weighted by Crippen LogP contribution is -2.16. The van der Waals surface area contributed by atoms with Crippen LogP contribution >= 0.6 is 0 Å². The molecule has 0 amide bonds. The monoisotopic (exact) mass is 251 g/mol. The summed E-state index contributed by atoms with van der Waals surface area (Å²) >= 11 is 0. The van der Waals surface area contributed by atoms with Crippen LogP contribution in [0.2, 0.25) is 0 Å². The van der Waals surface area contributed by atoms with E-state index in [1.54, 1.807) is 6.07 Å². The van der Waals surface area contributed by atoms with Crippen LogP contribution < -0.4 is 5.32 Å². The van der Waals surface area contributed by atoms with Crippen molar-refractivity contribution in [3.8, 4) is 0 Å². The zero-order valence-electron chi connectivity index (χ0n) is 10.9. The molecule has 4 heteroatoms. The first-order valence-corrected chi connectivity index (χ1v) is 6.67. The van der Waals surface area contributed by atoms with E-state index in [4.69, 9.17) is 4.42 Å². The summed E-state index contributed by atoms with van der Waals surface area (Å²) < 4.78 is 9.96. The molecule has 1 N–H and O–H groups in total. The quantitative estimate of drug-likeness (QED) is 0.624. The first-order valence-electron chi connectivity index (χ1n) is 6.67. The summed E-state index contributed by atoms with van der Waals surface area (Å²) in [6.45, 7) is 1.68. The van der Waals surface area contributed by atoms with Gasteiger partial charge in [0.2, 0.25) is 5.76 Å². The molecule has 0 aromatic carbocycles. The van der Waals surface area contributed by atoms with Gasteiger partial charge in [0.15, 0.2) is 0 Å². The third-order valence-corrected chi connectivity index (χ3v) is 3.55. The minimum atomic E-state index is -0.424. The minimum absolute atomic E-state index is 0.269. The number of nitrogens with one attached hydrogen (secondary N) is 1. The largest absolute Gasteiger partial charge is 0.463 e. The summed E-state index contributed by atoms with van der Waals surface area (Å²) in [5.41, 5.74) is 0. The Labute approximate surface area is 108 Å². The van der Waals surface area contributed by atoms with Crippen molar-refractivity contribution in [2.45, 2.75) is 38.6 Å². The number of carbonyl (C=O) groups is 1. The van der Waals surface area contributed by atoms with Gasteiger partial charge in [-0.3, -0.25) is 0 Å². The second-order valence-electron chi connectivity index (χ2n) is 4.87. The zero-order chi connectivity index (χ0) is 12.8. The maximum Gasteiger partial charge on any atom is 0.373 e. The van der Waals surface area contributed by atoms with Crippen molar-refractivity contribution >= 4 is 5.97 Å². The fraction of sp³-hybridized carbons (Fsp3) is 0.643. The number of furan rings is 1. The van der Waals surface area contributed by atoms with Crippen molar-refractivity contribution in [1.82, 2.24) is 5.32 Å². The number of hydrogen-bond donors (Lipinski definition) is 1. The van der Waals surface area contributed by atoms with Crippen molar-refractivity contribution < 1.29 is 13.9 Å². The molecule has 0 unspecified atom stereocenters. The average Bonchev–Trinajstić information content (AvgIpc) is 3.05. The SMILES string of the molecule is COC(=O)c1ccc(CNCCC2CCCC2)o1. The van der Waals surface area contributed by atoms with E-state index in [1.807, 2.05) is 6.07 Å². The molecule has 1 fully saturated rings. The second-order valence-corrected chi connectivity index (χ2v) is 4.87. The van der Waals surface area contributed by atoms with Crippen LogP contribution in [-0.4, -0.2) is 19.6 Å². The van der Waals surface area contributed by atoms with Gasteiger partial charge in [0, 0.05) is 0 Å². The molecular formula is C14H21NO3. The number of carbonyl (C=O) groups excluding carboxylic acids is 1. The number of ether oxygens (including phenoxy) is 1. The highest BCUT2D eigenvalue weighted by Crippen LogP contribution is 2.26. The van der Waals surface area contributed by atoms with Gasteiger partial charge in [-0.1, -0.05) is 25.7 Å². The van der Waals surface area contributed by atoms with Crippen LogP contribution in [0.4, 0.5) is 0 Å². The smallest absolute Gasteiger partial charge is 0.373 e. The van der Waals surface area contributed by atoms with Crippen LogP contribution in [0.1, 0.15) is 48.4 Å². The molecule has 0 aliphatic heterocycles. The standard InChI is InChI=1S/C14H21NO3/c1-17-14(16)13-7-6-12(18-13)10-15-9-8-11-4-2-3-5-11/h6-7,11,15H,2-5,8-10H2,1H3. The van der Waals surface area contributed by atoms with Crippen molar-refractivity contribution in [1.29, 1.82) is 0 Å². The normalized spacial score (nSPS) is 16.1. The molecule has 0 atom stereocenters.